The number of benzene rings is 2. The van der Waals surface area contributed by atoms with Gasteiger partial charge in [0.2, 0.25) is 0 Å². The summed E-state index contributed by atoms with van der Waals surface area (Å²) >= 11 is 0. The largest absolute Gasteiger partial charge is 0.497 e. The Balaban J connectivity index is 1.46. The number of methoxy groups -OCH3 is 3. The Bertz CT molecular complexity index is 1060. The molecule has 0 amide bonds. The molecule has 2 aliphatic rings. The highest BCUT2D eigenvalue weighted by Crippen LogP contribution is 2.39. The number of nitrogens with zero attached hydrogens (tertiary/aromatic N) is 1. The van der Waals surface area contributed by atoms with E-state index in [-0.39, 0.29) is 24.0 Å². The maximum Gasteiger partial charge on any atom is 0.142 e. The van der Waals surface area contributed by atoms with Gasteiger partial charge in [0.25, 0.3) is 0 Å². The average molecular weight is 585 g/mol. The molecule has 2 aromatic carbocycles. The molecular weight excluding hydrogens is 532 g/mol. The van der Waals surface area contributed by atoms with Crippen LogP contribution in [0.3, 0.4) is 0 Å². The van der Waals surface area contributed by atoms with E-state index in [1.165, 1.54) is 5.56 Å². The lowest BCUT2D eigenvalue weighted by atomic mass is 9.73. The maximum atomic E-state index is 9.52. The van der Waals surface area contributed by atoms with Gasteiger partial charge in [-0.3, -0.25) is 0 Å². The fourth-order valence-corrected chi connectivity index (χ4v) is 6.52. The standard InChI is InChI=1S/C34H52N2O6/c1-34(13-5-17-37,14-19-39-3)23-28-22-30(27-8-10-29(40-4)11-9-27)33(24-35-28)42-25-26-7-12-32-31(21-26)36(16-20-41-32)15-6-18-38-2/h7-12,21,28,30,33,35,37H,5-6,13-20,22-25H2,1-4H3/t28?,30-,33+,34?/m1/s1. The van der Waals surface area contributed by atoms with Crippen LogP contribution in [0.1, 0.15) is 62.5 Å². The average Bonchev–Trinajstić information content (AvgIpc) is 3.02. The zero-order valence-electron chi connectivity index (χ0n) is 26.1. The molecule has 234 valence electrons. The minimum absolute atomic E-state index is 0.0439. The van der Waals surface area contributed by atoms with E-state index in [1.54, 1.807) is 21.3 Å². The molecule has 0 aromatic heterocycles. The minimum Gasteiger partial charge on any atom is -0.497 e. The van der Waals surface area contributed by atoms with Crippen LogP contribution < -0.4 is 19.7 Å². The molecule has 2 heterocycles. The number of ether oxygens (including phenoxy) is 5. The summed E-state index contributed by atoms with van der Waals surface area (Å²) in [7, 11) is 5.22. The number of hydrogen-bond acceptors (Lipinski definition) is 8. The van der Waals surface area contributed by atoms with Crippen molar-refractivity contribution in [2.75, 3.05) is 72.3 Å². The Morgan fingerprint density at radius 2 is 1.83 bits per heavy atom. The topological polar surface area (TPSA) is 81.7 Å². The van der Waals surface area contributed by atoms with Crippen molar-refractivity contribution >= 4 is 5.69 Å². The Labute approximate surface area is 252 Å². The zero-order valence-corrected chi connectivity index (χ0v) is 26.1. The van der Waals surface area contributed by atoms with Gasteiger partial charge < -0.3 is 39.0 Å². The first kappa shape index (κ1) is 32.6. The van der Waals surface area contributed by atoms with E-state index in [0.717, 1.165) is 94.1 Å². The molecule has 0 saturated carbocycles. The Morgan fingerprint density at radius 1 is 1.02 bits per heavy atom. The van der Waals surface area contributed by atoms with Crippen LogP contribution in [0.4, 0.5) is 5.69 Å². The smallest absolute Gasteiger partial charge is 0.142 e. The normalized spacial score (nSPS) is 21.8. The molecule has 0 spiro atoms. The van der Waals surface area contributed by atoms with Crippen molar-refractivity contribution in [3.63, 3.8) is 0 Å². The van der Waals surface area contributed by atoms with Crippen molar-refractivity contribution in [1.82, 2.24) is 5.32 Å². The predicted molar refractivity (Wildman–Crippen MR) is 167 cm³/mol. The van der Waals surface area contributed by atoms with Gasteiger partial charge in [0.05, 0.1) is 32.1 Å². The second-order valence-electron chi connectivity index (χ2n) is 12.1. The van der Waals surface area contributed by atoms with Gasteiger partial charge >= 0.3 is 0 Å². The number of nitrogens with one attached hydrogen (secondary N) is 1. The fourth-order valence-electron chi connectivity index (χ4n) is 6.52. The summed E-state index contributed by atoms with van der Waals surface area (Å²) in [5, 5.41) is 13.4. The van der Waals surface area contributed by atoms with Gasteiger partial charge in [-0.25, -0.2) is 0 Å². The van der Waals surface area contributed by atoms with Gasteiger partial charge in [-0.15, -0.1) is 0 Å². The molecule has 4 atom stereocenters. The molecule has 2 N–H and O–H groups in total. The Morgan fingerprint density at radius 3 is 2.57 bits per heavy atom. The molecule has 42 heavy (non-hydrogen) atoms. The third-order valence-corrected chi connectivity index (χ3v) is 8.95. The van der Waals surface area contributed by atoms with Crippen LogP contribution in [0, 0.1) is 5.41 Å². The SMILES string of the molecule is COCCCN1CCOc2ccc(CO[C@H]3CNC(CC(C)(CCCO)CCOC)C[C@@H]3c3ccc(OC)cc3)cc21. The molecule has 2 aromatic rings. The zero-order chi connectivity index (χ0) is 29.8. The van der Waals surface area contributed by atoms with E-state index >= 15 is 0 Å². The third kappa shape index (κ3) is 9.07. The maximum absolute atomic E-state index is 9.52. The van der Waals surface area contributed by atoms with Crippen LogP contribution in [-0.2, 0) is 20.8 Å². The Hall–Kier alpha value is -2.36. The number of hydrogen-bond donors (Lipinski definition) is 2. The third-order valence-electron chi connectivity index (χ3n) is 8.95. The van der Waals surface area contributed by atoms with Crippen molar-refractivity contribution < 1.29 is 28.8 Å². The summed E-state index contributed by atoms with van der Waals surface area (Å²) in [5.74, 6) is 2.07. The van der Waals surface area contributed by atoms with E-state index < -0.39 is 0 Å². The van der Waals surface area contributed by atoms with Crippen LogP contribution >= 0.6 is 0 Å². The summed E-state index contributed by atoms with van der Waals surface area (Å²) in [6.07, 6.45) is 5.85. The monoisotopic (exact) mass is 584 g/mol. The molecule has 2 unspecified atom stereocenters. The molecule has 0 bridgehead atoms. The Kier molecular flexibility index (Phi) is 12.8. The van der Waals surface area contributed by atoms with Crippen molar-refractivity contribution in [2.24, 2.45) is 5.41 Å². The number of anilines is 1. The second kappa shape index (κ2) is 16.5. The molecule has 4 rings (SSSR count). The molecule has 1 saturated heterocycles. The molecule has 1 fully saturated rings. The minimum atomic E-state index is 0.0439. The van der Waals surface area contributed by atoms with Crippen LogP contribution in [0.25, 0.3) is 0 Å². The van der Waals surface area contributed by atoms with E-state index in [9.17, 15) is 5.11 Å². The summed E-state index contributed by atoms with van der Waals surface area (Å²) in [5.41, 5.74) is 3.69. The number of aliphatic hydroxyl groups is 1. The highest BCUT2D eigenvalue weighted by atomic mass is 16.5. The van der Waals surface area contributed by atoms with Gasteiger partial charge in [-0.2, -0.15) is 0 Å². The molecule has 8 heteroatoms. The lowest BCUT2D eigenvalue weighted by molar-refractivity contribution is -0.00266. The first-order chi connectivity index (χ1) is 20.5. The summed E-state index contributed by atoms with van der Waals surface area (Å²) < 4.78 is 28.8. The molecular formula is C34H52N2O6. The fraction of sp³-hybridized carbons (Fsp3) is 0.647. The first-order valence-electron chi connectivity index (χ1n) is 15.6. The van der Waals surface area contributed by atoms with Crippen molar-refractivity contribution in [1.29, 1.82) is 0 Å². The van der Waals surface area contributed by atoms with Gasteiger partial charge in [0, 0.05) is 59.1 Å². The van der Waals surface area contributed by atoms with Crippen molar-refractivity contribution in [3.05, 3.63) is 53.6 Å². The number of piperidine rings is 1. The lowest BCUT2D eigenvalue weighted by Gasteiger charge is -2.41. The van der Waals surface area contributed by atoms with E-state index in [0.29, 0.717) is 19.3 Å². The highest BCUT2D eigenvalue weighted by Gasteiger charge is 2.36. The van der Waals surface area contributed by atoms with Crippen LogP contribution in [0.15, 0.2) is 42.5 Å². The van der Waals surface area contributed by atoms with Crippen LogP contribution in [0.5, 0.6) is 11.5 Å². The summed E-state index contributed by atoms with van der Waals surface area (Å²) in [6.45, 7) is 7.93. The molecule has 2 aliphatic heterocycles. The molecule has 0 aliphatic carbocycles. The lowest BCUT2D eigenvalue weighted by Crippen LogP contribution is -2.48. The number of rotatable bonds is 17. The van der Waals surface area contributed by atoms with Crippen molar-refractivity contribution in [2.45, 2.75) is 70.1 Å². The van der Waals surface area contributed by atoms with Crippen molar-refractivity contribution in [3.8, 4) is 11.5 Å². The number of fused-ring (bicyclic) bond motifs is 1. The summed E-state index contributed by atoms with van der Waals surface area (Å²) in [6, 6.07) is 15.3. The molecule has 8 nitrogen and oxygen atoms in total. The van der Waals surface area contributed by atoms with Gasteiger partial charge in [-0.05, 0) is 79.3 Å². The summed E-state index contributed by atoms with van der Waals surface area (Å²) in [4.78, 5) is 2.39. The highest BCUT2D eigenvalue weighted by molar-refractivity contribution is 5.61. The first-order valence-corrected chi connectivity index (χ1v) is 15.6. The van der Waals surface area contributed by atoms with Crippen LogP contribution in [0.2, 0.25) is 0 Å². The number of aliphatic hydroxyl groups excluding tert-OH is 1. The van der Waals surface area contributed by atoms with Gasteiger partial charge in [-0.1, -0.05) is 25.1 Å². The van der Waals surface area contributed by atoms with Gasteiger partial charge in [0.15, 0.2) is 0 Å². The van der Waals surface area contributed by atoms with E-state index in [4.69, 9.17) is 23.7 Å². The van der Waals surface area contributed by atoms with Gasteiger partial charge in [0.1, 0.15) is 18.1 Å². The second-order valence-corrected chi connectivity index (χ2v) is 12.1. The van der Waals surface area contributed by atoms with E-state index in [2.05, 4.69) is 59.6 Å². The van der Waals surface area contributed by atoms with Crippen LogP contribution in [-0.4, -0.2) is 84.6 Å². The molecule has 0 radical (unpaired) electrons. The quantitative estimate of drug-likeness (QED) is 0.247. The predicted octanol–water partition coefficient (Wildman–Crippen LogP) is 5.17. The van der Waals surface area contributed by atoms with E-state index in [1.807, 2.05) is 0 Å².